The first kappa shape index (κ1) is 74.9. The topological polar surface area (TPSA) is 34.1 Å². The Bertz CT molecular complexity index is 8850. The molecule has 2 nitrogen and oxygen atoms in total. The van der Waals surface area contributed by atoms with Gasteiger partial charge in [0.25, 0.3) is 0 Å². The van der Waals surface area contributed by atoms with Crippen LogP contribution < -0.4 is 0 Å². The van der Waals surface area contributed by atoms with Gasteiger partial charge in [0, 0.05) is 51.5 Å². The zero-order chi connectivity index (χ0) is 85.8. The summed E-state index contributed by atoms with van der Waals surface area (Å²) >= 11 is 3.18. The fourth-order valence-corrected chi connectivity index (χ4v) is 26.0. The molecule has 26 rings (SSSR count). The molecule has 0 aliphatic carbocycles. The molecule has 0 aliphatic heterocycles. The maximum absolute atomic E-state index is 19.3. The molecule has 0 saturated heterocycles. The second-order valence-electron chi connectivity index (χ2n) is 33.9. The summed E-state index contributed by atoms with van der Waals surface area (Å²) in [4.78, 5) is 0.347. The summed E-state index contributed by atoms with van der Waals surface area (Å²) in [7, 11) is -4.95. The Balaban J connectivity index is 0.770. The minimum atomic E-state index is -4.95. The zero-order valence-electron chi connectivity index (χ0n) is 68.7. The van der Waals surface area contributed by atoms with Gasteiger partial charge in [-0.2, -0.15) is 0 Å². The van der Waals surface area contributed by atoms with Crippen LogP contribution in [0.5, 0.6) is 0 Å². The Labute approximate surface area is 744 Å². The lowest BCUT2D eigenvalue weighted by molar-refractivity contribution is 0.598. The third-order valence-electron chi connectivity index (χ3n) is 26.9. The summed E-state index contributed by atoms with van der Waals surface area (Å²) < 4.78 is 102. The van der Waals surface area contributed by atoms with Crippen molar-refractivity contribution >= 4 is 202 Å². The van der Waals surface area contributed by atoms with E-state index in [1.54, 1.807) is 46.9 Å². The first-order chi connectivity index (χ1) is 63.3. The standard InChI is InChI=1S/C120H66F4O2S3/c121-81-47-41-67-57-75(37-33-71(67)61-81)109-85-17-1-5-21-89(85)113(90-22-6-2-18-86(90)109)79-45-51-101-107(65-79)127-105-55-53-103(115-97-29-13-9-25-93(97)111(94-26-10-14-30-98(94)115)77-39-35-73-63-83(123)49-43-69(73)59-77)119(117(101)105)129(125,126)120-104(116-99-31-15-11-27-95(99)112(96-28-12-16-32-100(96)116)78-40-36-74-64-84(124)50-44-70(74)60-78)54-56-106-118(120)102-52-46-80(66-108(102)128-106)114-91-23-7-3-19-87(91)110(88-20-4-8-24-92(88)114)76-38-34-72-62-82(122)48-42-68(72)58-76/h1-66H. The van der Waals surface area contributed by atoms with Gasteiger partial charge in [0.05, 0.1) is 9.79 Å². The molecule has 0 atom stereocenters. The molecule has 0 fully saturated rings. The fraction of sp³-hybridized carbons (Fsp3) is 0. The second-order valence-corrected chi connectivity index (χ2v) is 37.9. The molecule has 9 heteroatoms. The summed E-state index contributed by atoms with van der Waals surface area (Å²) in [6.07, 6.45) is 0. The fourth-order valence-electron chi connectivity index (χ4n) is 21.5. The summed E-state index contributed by atoms with van der Waals surface area (Å²) in [6, 6.07) is 134. The van der Waals surface area contributed by atoms with Crippen LogP contribution in [-0.2, 0) is 9.84 Å². The van der Waals surface area contributed by atoms with E-state index in [9.17, 15) is 8.78 Å². The molecule has 0 saturated carbocycles. The Morgan fingerprint density at radius 3 is 0.597 bits per heavy atom. The van der Waals surface area contributed by atoms with Crippen molar-refractivity contribution in [3.05, 3.63) is 424 Å². The number of thiophene rings is 2. The lowest BCUT2D eigenvalue weighted by atomic mass is 9.85. The Hall–Kier alpha value is -15.5. The largest absolute Gasteiger partial charge is 0.218 e. The molecule has 2 aromatic heterocycles. The van der Waals surface area contributed by atoms with E-state index in [0.29, 0.717) is 21.9 Å². The number of sulfone groups is 1. The first-order valence-corrected chi connectivity index (χ1v) is 46.3. The van der Waals surface area contributed by atoms with Crippen LogP contribution >= 0.6 is 22.7 Å². The maximum atomic E-state index is 19.3. The molecule has 0 N–H and O–H groups in total. The highest BCUT2D eigenvalue weighted by molar-refractivity contribution is 7.92. The number of hydrogen-bond acceptors (Lipinski definition) is 4. The maximum Gasteiger partial charge on any atom is 0.209 e. The van der Waals surface area contributed by atoms with E-state index in [4.69, 9.17) is 0 Å². The lowest BCUT2D eigenvalue weighted by Crippen LogP contribution is -2.08. The van der Waals surface area contributed by atoms with Crippen molar-refractivity contribution < 1.29 is 26.0 Å². The number of hydrogen-bond donors (Lipinski definition) is 0. The quantitative estimate of drug-likeness (QED) is 0.101. The van der Waals surface area contributed by atoms with Crippen molar-refractivity contribution in [2.24, 2.45) is 0 Å². The van der Waals surface area contributed by atoms with E-state index in [2.05, 4.69) is 279 Å². The summed E-state index contributed by atoms with van der Waals surface area (Å²) in [6.45, 7) is 0. The molecule has 0 amide bonds. The molecule has 26 aromatic rings. The molecule has 2 heterocycles. The summed E-state index contributed by atoms with van der Waals surface area (Å²) in [5.41, 5.74) is 14.6. The third kappa shape index (κ3) is 11.6. The van der Waals surface area contributed by atoms with Gasteiger partial charge in [-0.3, -0.25) is 0 Å². The molecular weight excluding hydrogens is 1650 g/mol. The van der Waals surface area contributed by atoms with Gasteiger partial charge in [-0.1, -0.05) is 303 Å². The van der Waals surface area contributed by atoms with Crippen LogP contribution in [0.3, 0.4) is 0 Å². The Morgan fingerprint density at radius 2 is 0.364 bits per heavy atom. The number of benzene rings is 24. The van der Waals surface area contributed by atoms with Gasteiger partial charge in [-0.05, 0) is 304 Å². The molecule has 604 valence electrons. The minimum Gasteiger partial charge on any atom is -0.218 e. The van der Waals surface area contributed by atoms with Gasteiger partial charge in [0.1, 0.15) is 23.3 Å². The van der Waals surface area contributed by atoms with Crippen LogP contribution in [0, 0.1) is 23.3 Å². The smallest absolute Gasteiger partial charge is 0.209 e. The van der Waals surface area contributed by atoms with Crippen molar-refractivity contribution in [3.63, 3.8) is 0 Å². The van der Waals surface area contributed by atoms with E-state index in [1.165, 1.54) is 24.3 Å². The second kappa shape index (κ2) is 28.8. The molecule has 129 heavy (non-hydrogen) atoms. The average molecular weight is 1710 g/mol. The van der Waals surface area contributed by atoms with Crippen LogP contribution in [-0.4, -0.2) is 8.42 Å². The molecule has 0 radical (unpaired) electrons. The van der Waals surface area contributed by atoms with Gasteiger partial charge < -0.3 is 0 Å². The SMILES string of the molecule is O=S(=O)(c1c(-c2c3ccccc3c(-c3ccc4cc(F)ccc4c3)c3ccccc23)ccc2sc3cc(-c4c5ccccc5c(-c5ccc6cc(F)ccc6c5)c5ccccc45)ccc3c12)c1c(-c2c3ccccc3c(-c3ccc4cc(F)ccc4c3)c3ccccc23)ccc2sc3cc(-c4c5ccccc5c(-c5ccc6cc(F)ccc6c5)c5ccccc45)ccc3c12. The molecule has 0 bridgehead atoms. The van der Waals surface area contributed by atoms with Crippen LogP contribution in [0.2, 0.25) is 0 Å². The molecular formula is C120H66F4O2S3. The highest BCUT2D eigenvalue weighted by atomic mass is 32.2. The first-order valence-electron chi connectivity index (χ1n) is 43.1. The number of rotatable bonds is 10. The van der Waals surface area contributed by atoms with E-state index in [1.807, 2.05) is 72.8 Å². The highest BCUT2D eigenvalue weighted by Gasteiger charge is 2.36. The van der Waals surface area contributed by atoms with Crippen molar-refractivity contribution in [2.45, 2.75) is 9.79 Å². The average Bonchev–Trinajstić information content (AvgIpc) is 1.63. The number of fused-ring (bicyclic) bond motifs is 18. The van der Waals surface area contributed by atoms with Crippen molar-refractivity contribution in [1.29, 1.82) is 0 Å². The normalized spacial score (nSPS) is 12.2. The predicted molar refractivity (Wildman–Crippen MR) is 538 cm³/mol. The van der Waals surface area contributed by atoms with E-state index in [0.717, 1.165) is 237 Å². The van der Waals surface area contributed by atoms with E-state index >= 15 is 17.2 Å². The van der Waals surface area contributed by atoms with Crippen LogP contribution in [0.15, 0.2) is 410 Å². The van der Waals surface area contributed by atoms with E-state index < -0.39 is 9.84 Å². The third-order valence-corrected chi connectivity index (χ3v) is 31.1. The summed E-state index contributed by atoms with van der Waals surface area (Å²) in [5, 5.41) is 25.1. The van der Waals surface area contributed by atoms with Gasteiger partial charge in [-0.15, -0.1) is 22.7 Å². The molecule has 24 aromatic carbocycles. The van der Waals surface area contributed by atoms with Crippen LogP contribution in [0.25, 0.3) is 259 Å². The molecule has 0 unspecified atom stereocenters. The molecule has 0 spiro atoms. The van der Waals surface area contributed by atoms with Gasteiger partial charge >= 0.3 is 0 Å². The van der Waals surface area contributed by atoms with Crippen molar-refractivity contribution in [1.82, 2.24) is 0 Å². The van der Waals surface area contributed by atoms with Crippen LogP contribution in [0.4, 0.5) is 17.6 Å². The van der Waals surface area contributed by atoms with Gasteiger partial charge in [-0.25, -0.2) is 26.0 Å². The monoisotopic (exact) mass is 1710 g/mol. The van der Waals surface area contributed by atoms with E-state index in [-0.39, 0.29) is 33.1 Å². The molecule has 0 aliphatic rings. The Morgan fingerprint density at radius 1 is 0.171 bits per heavy atom. The van der Waals surface area contributed by atoms with Crippen molar-refractivity contribution in [2.75, 3.05) is 0 Å². The van der Waals surface area contributed by atoms with Gasteiger partial charge in [0.2, 0.25) is 9.84 Å². The van der Waals surface area contributed by atoms with Crippen molar-refractivity contribution in [3.8, 4) is 89.0 Å². The Kier molecular flexibility index (Phi) is 16.7. The number of halogens is 4. The minimum absolute atomic E-state index is 0.173. The lowest BCUT2D eigenvalue weighted by Gasteiger charge is -2.23. The zero-order valence-corrected chi connectivity index (χ0v) is 71.1. The van der Waals surface area contributed by atoms with Gasteiger partial charge in [0.15, 0.2) is 0 Å². The highest BCUT2D eigenvalue weighted by Crippen LogP contribution is 2.57. The van der Waals surface area contributed by atoms with Crippen LogP contribution in [0.1, 0.15) is 0 Å². The predicted octanol–water partition coefficient (Wildman–Crippen LogP) is 35.0. The summed E-state index contributed by atoms with van der Waals surface area (Å²) in [5.74, 6) is -1.19.